The van der Waals surface area contributed by atoms with Crippen molar-refractivity contribution < 1.29 is 4.79 Å². The summed E-state index contributed by atoms with van der Waals surface area (Å²) in [7, 11) is 0. The molecule has 3 aromatic rings. The first kappa shape index (κ1) is 23.8. The number of fused-ring (bicyclic) bond motifs is 1. The van der Waals surface area contributed by atoms with Gasteiger partial charge in [-0.2, -0.15) is 0 Å². The second-order valence-corrected chi connectivity index (χ2v) is 10.1. The number of aromatic amines is 1. The van der Waals surface area contributed by atoms with Gasteiger partial charge >= 0.3 is 0 Å². The molecule has 7 nitrogen and oxygen atoms in total. The van der Waals surface area contributed by atoms with Crippen LogP contribution in [0.5, 0.6) is 0 Å². The van der Waals surface area contributed by atoms with Gasteiger partial charge in [0.15, 0.2) is 0 Å². The van der Waals surface area contributed by atoms with Gasteiger partial charge in [0.1, 0.15) is 0 Å². The monoisotopic (exact) mass is 492 g/mol. The van der Waals surface area contributed by atoms with E-state index in [1.807, 2.05) is 29.3 Å². The predicted octanol–water partition coefficient (Wildman–Crippen LogP) is 5.02. The van der Waals surface area contributed by atoms with E-state index in [0.29, 0.717) is 29.0 Å². The molecule has 1 saturated heterocycles. The van der Waals surface area contributed by atoms with Gasteiger partial charge in [0, 0.05) is 47.8 Å². The topological polar surface area (TPSA) is 85.9 Å². The Morgan fingerprint density at radius 3 is 2.83 bits per heavy atom. The highest BCUT2D eigenvalue weighted by Crippen LogP contribution is 2.32. The number of nitrogens with zero attached hydrogens (tertiary/aromatic N) is 3. The Bertz CT molecular complexity index is 1190. The van der Waals surface area contributed by atoms with E-state index in [1.165, 1.54) is 18.9 Å². The number of hydrogen-bond acceptors (Lipinski definition) is 5. The quantitative estimate of drug-likeness (QED) is 0.403. The smallest absolute Gasteiger partial charge is 0.245 e. The summed E-state index contributed by atoms with van der Waals surface area (Å²) in [4.78, 5) is 26.3. The maximum Gasteiger partial charge on any atom is 0.245 e. The molecule has 0 bridgehead atoms. The summed E-state index contributed by atoms with van der Waals surface area (Å²) < 4.78 is 0. The number of para-hydroxylation sites is 1. The summed E-state index contributed by atoms with van der Waals surface area (Å²) in [5.41, 5.74) is 2.79. The molecule has 1 unspecified atom stereocenters. The van der Waals surface area contributed by atoms with Gasteiger partial charge in [-0.15, -0.1) is 0 Å². The maximum absolute atomic E-state index is 11.8. The van der Waals surface area contributed by atoms with Crippen molar-refractivity contribution in [1.82, 2.24) is 25.2 Å². The molecule has 1 aliphatic carbocycles. The van der Waals surface area contributed by atoms with Gasteiger partial charge in [-0.1, -0.05) is 36.4 Å². The van der Waals surface area contributed by atoms with E-state index in [9.17, 15) is 4.79 Å². The molecule has 3 N–H and O–H groups in total. The normalized spacial score (nSPS) is 21.2. The molecule has 2 aliphatic rings. The summed E-state index contributed by atoms with van der Waals surface area (Å²) in [5.74, 6) is 1.30. The first-order chi connectivity index (χ1) is 17.1. The summed E-state index contributed by atoms with van der Waals surface area (Å²) in [5, 5.41) is 9.01. The Kier molecular flexibility index (Phi) is 7.35. The number of H-pyrrole nitrogens is 1. The number of likely N-dealkylation sites (tertiary alicyclic amines) is 1. The molecule has 1 aliphatic heterocycles. The highest BCUT2D eigenvalue weighted by molar-refractivity contribution is 6.33. The van der Waals surface area contributed by atoms with Gasteiger partial charge in [0.25, 0.3) is 0 Å². The van der Waals surface area contributed by atoms with Crippen LogP contribution < -0.4 is 10.6 Å². The Morgan fingerprint density at radius 1 is 1.20 bits per heavy atom. The van der Waals surface area contributed by atoms with E-state index in [2.05, 4.69) is 33.2 Å². The Labute approximate surface area is 211 Å². The lowest BCUT2D eigenvalue weighted by Gasteiger charge is -2.34. The van der Waals surface area contributed by atoms with Crippen LogP contribution in [-0.2, 0) is 4.79 Å². The fraction of sp³-hybridized carbons (Fsp3) is 0.444. The van der Waals surface area contributed by atoms with Crippen molar-refractivity contribution in [2.45, 2.75) is 50.6 Å². The average Bonchev–Trinajstić information content (AvgIpc) is 3.33. The largest absolute Gasteiger partial charge is 0.360 e. The van der Waals surface area contributed by atoms with E-state index in [4.69, 9.17) is 16.6 Å². The SMILES string of the molecule is C=CC(=O)N1CCC(CNC2CCC[C@@H](Nc3ncc(Cl)c(-c4c[nH]c5ccccc45)n3)C2)CC1. The fourth-order valence-electron chi connectivity index (χ4n) is 5.40. The lowest BCUT2D eigenvalue weighted by atomic mass is 9.90. The third-order valence-corrected chi connectivity index (χ3v) is 7.67. The van der Waals surface area contributed by atoms with Crippen molar-refractivity contribution in [2.24, 2.45) is 5.92 Å². The lowest BCUT2D eigenvalue weighted by molar-refractivity contribution is -0.127. The summed E-state index contributed by atoms with van der Waals surface area (Å²) in [6.45, 7) is 6.27. The van der Waals surface area contributed by atoms with Crippen molar-refractivity contribution in [2.75, 3.05) is 25.0 Å². The molecule has 2 aromatic heterocycles. The lowest BCUT2D eigenvalue weighted by Crippen LogP contribution is -2.44. The van der Waals surface area contributed by atoms with Crippen LogP contribution in [0.1, 0.15) is 38.5 Å². The number of carbonyl (C=O) groups is 1. The molecule has 5 rings (SSSR count). The van der Waals surface area contributed by atoms with E-state index >= 15 is 0 Å². The Hall–Kier alpha value is -2.90. The molecular weight excluding hydrogens is 460 g/mol. The molecule has 8 heteroatoms. The van der Waals surface area contributed by atoms with Crippen LogP contribution in [-0.4, -0.2) is 57.5 Å². The van der Waals surface area contributed by atoms with Gasteiger partial charge in [-0.05, 0) is 63.1 Å². The molecule has 1 saturated carbocycles. The van der Waals surface area contributed by atoms with Gasteiger partial charge < -0.3 is 20.5 Å². The van der Waals surface area contributed by atoms with Crippen LogP contribution in [0.25, 0.3) is 22.2 Å². The van der Waals surface area contributed by atoms with Gasteiger partial charge in [-0.25, -0.2) is 9.97 Å². The number of amides is 1. The zero-order valence-corrected chi connectivity index (χ0v) is 20.7. The van der Waals surface area contributed by atoms with E-state index in [1.54, 1.807) is 6.20 Å². The van der Waals surface area contributed by atoms with Crippen molar-refractivity contribution in [1.29, 1.82) is 0 Å². The number of anilines is 1. The van der Waals surface area contributed by atoms with Gasteiger partial charge in [0.2, 0.25) is 11.9 Å². The van der Waals surface area contributed by atoms with E-state index in [0.717, 1.165) is 67.5 Å². The van der Waals surface area contributed by atoms with Crippen LogP contribution in [0.2, 0.25) is 5.02 Å². The molecule has 184 valence electrons. The third kappa shape index (κ3) is 5.52. The molecule has 2 fully saturated rings. The third-order valence-electron chi connectivity index (χ3n) is 7.39. The second kappa shape index (κ2) is 10.8. The Balaban J connectivity index is 1.17. The molecule has 1 amide bonds. The molecule has 3 heterocycles. The van der Waals surface area contributed by atoms with Crippen molar-refractivity contribution in [3.8, 4) is 11.3 Å². The van der Waals surface area contributed by atoms with Crippen molar-refractivity contribution >= 4 is 34.4 Å². The van der Waals surface area contributed by atoms with E-state index < -0.39 is 0 Å². The number of hydrogen-bond donors (Lipinski definition) is 3. The molecule has 0 radical (unpaired) electrons. The second-order valence-electron chi connectivity index (χ2n) is 9.72. The number of rotatable bonds is 7. The first-order valence-corrected chi connectivity index (χ1v) is 13.0. The number of nitrogens with one attached hydrogen (secondary N) is 3. The number of benzene rings is 1. The highest BCUT2D eigenvalue weighted by atomic mass is 35.5. The van der Waals surface area contributed by atoms with Crippen molar-refractivity contribution in [3.05, 3.63) is 54.3 Å². The fourth-order valence-corrected chi connectivity index (χ4v) is 5.59. The van der Waals surface area contributed by atoms with Crippen LogP contribution in [0.4, 0.5) is 5.95 Å². The summed E-state index contributed by atoms with van der Waals surface area (Å²) in [6.07, 6.45) is 11.7. The summed E-state index contributed by atoms with van der Waals surface area (Å²) >= 11 is 6.50. The number of carbonyl (C=O) groups excluding carboxylic acids is 1. The maximum atomic E-state index is 11.8. The molecular formula is C27H33ClN6O. The molecule has 2 atom stereocenters. The number of piperidine rings is 1. The predicted molar refractivity (Wildman–Crippen MR) is 142 cm³/mol. The molecule has 1 aromatic carbocycles. The van der Waals surface area contributed by atoms with Gasteiger partial charge in [0.05, 0.1) is 16.9 Å². The average molecular weight is 493 g/mol. The molecule has 35 heavy (non-hydrogen) atoms. The molecule has 0 spiro atoms. The van der Waals surface area contributed by atoms with E-state index in [-0.39, 0.29) is 5.91 Å². The Morgan fingerprint density at radius 2 is 2.00 bits per heavy atom. The summed E-state index contributed by atoms with van der Waals surface area (Å²) in [6, 6.07) is 8.96. The minimum Gasteiger partial charge on any atom is -0.360 e. The van der Waals surface area contributed by atoms with Crippen molar-refractivity contribution in [3.63, 3.8) is 0 Å². The van der Waals surface area contributed by atoms with Crippen LogP contribution in [0.15, 0.2) is 49.3 Å². The van der Waals surface area contributed by atoms with Crippen LogP contribution >= 0.6 is 11.6 Å². The minimum atomic E-state index is 0.0508. The number of halogens is 1. The number of aromatic nitrogens is 3. The van der Waals surface area contributed by atoms with Crippen LogP contribution in [0.3, 0.4) is 0 Å². The van der Waals surface area contributed by atoms with Crippen LogP contribution in [0, 0.1) is 5.92 Å². The highest BCUT2D eigenvalue weighted by Gasteiger charge is 2.25. The zero-order chi connectivity index (χ0) is 24.2. The standard InChI is InChI=1S/C27H33ClN6O/c1-2-25(35)34-12-10-18(11-13-34)15-29-19-6-5-7-20(14-19)32-27-31-17-23(28)26(33-27)22-16-30-24-9-4-3-8-21(22)24/h2-4,8-9,16-20,29-30H,1,5-7,10-15H2,(H,31,32,33)/t19?,20-/m1/s1. The van der Waals surface area contributed by atoms with Gasteiger partial charge in [-0.3, -0.25) is 4.79 Å². The minimum absolute atomic E-state index is 0.0508. The zero-order valence-electron chi connectivity index (χ0n) is 20.0. The first-order valence-electron chi connectivity index (χ1n) is 12.6.